The molecule has 2 aromatic heterocycles. The van der Waals surface area contributed by atoms with Crippen molar-refractivity contribution in [1.29, 1.82) is 0 Å². The molecule has 0 radical (unpaired) electrons. The summed E-state index contributed by atoms with van der Waals surface area (Å²) in [7, 11) is 1.68. The van der Waals surface area contributed by atoms with Gasteiger partial charge in [-0.15, -0.1) is 10.2 Å². The molecule has 4 rings (SSSR count). The van der Waals surface area contributed by atoms with E-state index in [2.05, 4.69) is 37.9 Å². The van der Waals surface area contributed by atoms with Gasteiger partial charge in [0, 0.05) is 29.4 Å². The predicted octanol–water partition coefficient (Wildman–Crippen LogP) is 4.63. The van der Waals surface area contributed by atoms with Crippen LogP contribution in [0.4, 0.5) is 0 Å². The van der Waals surface area contributed by atoms with E-state index in [0.29, 0.717) is 0 Å². The normalized spacial score (nSPS) is 10.7. The SMILES string of the molecule is COc1cccc(CSc2nnc(-c3cccnc3)n2-c2ccccc2)c1. The Bertz CT molecular complexity index is 1020. The van der Waals surface area contributed by atoms with Crippen molar-refractivity contribution in [1.82, 2.24) is 19.7 Å². The Labute approximate surface area is 162 Å². The first-order valence-corrected chi connectivity index (χ1v) is 9.50. The lowest BCUT2D eigenvalue weighted by Gasteiger charge is -2.10. The molecule has 0 saturated heterocycles. The molecule has 0 unspecified atom stereocenters. The molecule has 27 heavy (non-hydrogen) atoms. The van der Waals surface area contributed by atoms with Crippen LogP contribution in [0.15, 0.2) is 84.3 Å². The van der Waals surface area contributed by atoms with Gasteiger partial charge in [-0.2, -0.15) is 0 Å². The van der Waals surface area contributed by atoms with Crippen LogP contribution in [0, 0.1) is 0 Å². The second kappa shape index (κ2) is 8.05. The number of hydrogen-bond acceptors (Lipinski definition) is 5. The summed E-state index contributed by atoms with van der Waals surface area (Å²) >= 11 is 1.64. The molecule has 2 heterocycles. The van der Waals surface area contributed by atoms with Crippen molar-refractivity contribution in [2.24, 2.45) is 0 Å². The molecule has 2 aromatic carbocycles. The van der Waals surface area contributed by atoms with Gasteiger partial charge in [0.25, 0.3) is 0 Å². The second-order valence-electron chi connectivity index (χ2n) is 5.86. The van der Waals surface area contributed by atoms with Gasteiger partial charge in [-0.25, -0.2) is 0 Å². The third kappa shape index (κ3) is 3.85. The van der Waals surface area contributed by atoms with E-state index >= 15 is 0 Å². The van der Waals surface area contributed by atoms with Crippen LogP contribution in [-0.2, 0) is 5.75 Å². The number of para-hydroxylation sites is 1. The van der Waals surface area contributed by atoms with Gasteiger partial charge in [0.2, 0.25) is 0 Å². The second-order valence-corrected chi connectivity index (χ2v) is 6.80. The van der Waals surface area contributed by atoms with E-state index in [1.807, 2.05) is 48.5 Å². The van der Waals surface area contributed by atoms with Gasteiger partial charge >= 0.3 is 0 Å². The molecule has 0 atom stereocenters. The van der Waals surface area contributed by atoms with Crippen LogP contribution >= 0.6 is 11.8 Å². The Hall–Kier alpha value is -3.12. The molecule has 0 amide bonds. The van der Waals surface area contributed by atoms with E-state index in [1.165, 1.54) is 5.56 Å². The average Bonchev–Trinajstić information content (AvgIpc) is 3.17. The molecule has 0 spiro atoms. The maximum absolute atomic E-state index is 5.31. The van der Waals surface area contributed by atoms with Crippen LogP contribution in [0.25, 0.3) is 17.1 Å². The number of hydrogen-bond donors (Lipinski definition) is 0. The van der Waals surface area contributed by atoms with Gasteiger partial charge in [-0.3, -0.25) is 9.55 Å². The summed E-state index contributed by atoms with van der Waals surface area (Å²) in [6.45, 7) is 0. The molecular formula is C21H18N4OS. The molecule has 4 aromatic rings. The molecular weight excluding hydrogens is 356 g/mol. The highest BCUT2D eigenvalue weighted by molar-refractivity contribution is 7.98. The fourth-order valence-electron chi connectivity index (χ4n) is 2.77. The zero-order valence-electron chi connectivity index (χ0n) is 14.8. The van der Waals surface area contributed by atoms with Crippen molar-refractivity contribution in [3.05, 3.63) is 84.7 Å². The monoisotopic (exact) mass is 374 g/mol. The molecule has 0 aliphatic carbocycles. The van der Waals surface area contributed by atoms with E-state index in [-0.39, 0.29) is 0 Å². The first kappa shape index (κ1) is 17.3. The lowest BCUT2D eigenvalue weighted by molar-refractivity contribution is 0.414. The molecule has 5 nitrogen and oxygen atoms in total. The molecule has 0 aliphatic heterocycles. The van der Waals surface area contributed by atoms with Crippen molar-refractivity contribution < 1.29 is 4.74 Å². The summed E-state index contributed by atoms with van der Waals surface area (Å²) < 4.78 is 7.38. The minimum absolute atomic E-state index is 0.773. The van der Waals surface area contributed by atoms with Crippen molar-refractivity contribution >= 4 is 11.8 Å². The molecule has 0 saturated carbocycles. The van der Waals surface area contributed by atoms with Crippen LogP contribution < -0.4 is 4.74 Å². The molecule has 0 N–H and O–H groups in total. The van der Waals surface area contributed by atoms with E-state index in [1.54, 1.807) is 31.3 Å². The zero-order chi connectivity index (χ0) is 18.5. The number of nitrogens with zero attached hydrogens (tertiary/aromatic N) is 4. The van der Waals surface area contributed by atoms with Gasteiger partial charge < -0.3 is 4.74 Å². The highest BCUT2D eigenvalue weighted by Gasteiger charge is 2.16. The zero-order valence-corrected chi connectivity index (χ0v) is 15.6. The minimum atomic E-state index is 0.773. The molecule has 0 aliphatic rings. The number of ether oxygens (including phenoxy) is 1. The molecule has 0 fully saturated rings. The fraction of sp³-hybridized carbons (Fsp3) is 0.0952. The Kier molecular flexibility index (Phi) is 5.16. The number of benzene rings is 2. The maximum Gasteiger partial charge on any atom is 0.196 e. The number of thioether (sulfide) groups is 1. The highest BCUT2D eigenvalue weighted by Crippen LogP contribution is 2.30. The quantitative estimate of drug-likeness (QED) is 0.461. The highest BCUT2D eigenvalue weighted by atomic mass is 32.2. The summed E-state index contributed by atoms with van der Waals surface area (Å²) in [4.78, 5) is 4.22. The first-order valence-electron chi connectivity index (χ1n) is 8.52. The van der Waals surface area contributed by atoms with Crippen LogP contribution in [-0.4, -0.2) is 26.9 Å². The van der Waals surface area contributed by atoms with Crippen LogP contribution in [0.1, 0.15) is 5.56 Å². The first-order chi connectivity index (χ1) is 13.3. The number of pyridine rings is 1. The maximum atomic E-state index is 5.31. The fourth-order valence-corrected chi connectivity index (χ4v) is 3.66. The summed E-state index contributed by atoms with van der Waals surface area (Å²) in [5.41, 5.74) is 3.13. The summed E-state index contributed by atoms with van der Waals surface area (Å²) in [6, 6.07) is 22.1. The lowest BCUT2D eigenvalue weighted by Crippen LogP contribution is -1.99. The molecule has 6 heteroatoms. The van der Waals surface area contributed by atoms with E-state index in [9.17, 15) is 0 Å². The van der Waals surface area contributed by atoms with Crippen LogP contribution in [0.3, 0.4) is 0 Å². The third-order valence-electron chi connectivity index (χ3n) is 4.07. The van der Waals surface area contributed by atoms with Crippen molar-refractivity contribution in [2.45, 2.75) is 10.9 Å². The van der Waals surface area contributed by atoms with E-state index in [4.69, 9.17) is 4.74 Å². The molecule has 0 bridgehead atoms. The van der Waals surface area contributed by atoms with E-state index < -0.39 is 0 Å². The standard InChI is InChI=1S/C21H18N4OS/c1-26-19-11-5-7-16(13-19)15-27-21-24-23-20(17-8-6-12-22-14-17)25(21)18-9-3-2-4-10-18/h2-14H,15H2,1H3. The minimum Gasteiger partial charge on any atom is -0.497 e. The van der Waals surface area contributed by atoms with Gasteiger partial charge in [0.15, 0.2) is 11.0 Å². The summed E-state index contributed by atoms with van der Waals surface area (Å²) in [5, 5.41) is 9.72. The van der Waals surface area contributed by atoms with Gasteiger partial charge in [0.1, 0.15) is 5.75 Å². The van der Waals surface area contributed by atoms with E-state index in [0.717, 1.165) is 33.7 Å². The Morgan fingerprint density at radius 3 is 2.63 bits per heavy atom. The number of methoxy groups -OCH3 is 1. The van der Waals surface area contributed by atoms with Crippen molar-refractivity contribution in [2.75, 3.05) is 7.11 Å². The number of rotatable bonds is 6. The largest absolute Gasteiger partial charge is 0.497 e. The van der Waals surface area contributed by atoms with Crippen molar-refractivity contribution in [3.8, 4) is 22.8 Å². The van der Waals surface area contributed by atoms with Crippen LogP contribution in [0.2, 0.25) is 0 Å². The smallest absolute Gasteiger partial charge is 0.196 e. The van der Waals surface area contributed by atoms with Crippen molar-refractivity contribution in [3.63, 3.8) is 0 Å². The predicted molar refractivity (Wildman–Crippen MR) is 107 cm³/mol. The summed E-state index contributed by atoms with van der Waals surface area (Å²) in [5.74, 6) is 2.41. The average molecular weight is 374 g/mol. The van der Waals surface area contributed by atoms with Crippen LogP contribution in [0.5, 0.6) is 5.75 Å². The Morgan fingerprint density at radius 1 is 0.963 bits per heavy atom. The van der Waals surface area contributed by atoms with Gasteiger partial charge in [0.05, 0.1) is 7.11 Å². The lowest BCUT2D eigenvalue weighted by atomic mass is 10.2. The Balaban J connectivity index is 1.69. The van der Waals surface area contributed by atoms with Gasteiger partial charge in [-0.05, 0) is 42.0 Å². The summed E-state index contributed by atoms with van der Waals surface area (Å²) in [6.07, 6.45) is 3.56. The third-order valence-corrected chi connectivity index (χ3v) is 5.07. The Morgan fingerprint density at radius 2 is 1.85 bits per heavy atom. The number of aromatic nitrogens is 4. The topological polar surface area (TPSA) is 52.8 Å². The molecule has 134 valence electrons. The van der Waals surface area contributed by atoms with Gasteiger partial charge in [-0.1, -0.05) is 42.1 Å².